The quantitative estimate of drug-likeness (QED) is 0.813. The Morgan fingerprint density at radius 1 is 1.38 bits per heavy atom. The van der Waals surface area contributed by atoms with E-state index in [9.17, 15) is 13.2 Å². The number of nitrogens with two attached hydrogens (primary N) is 1. The Hall–Kier alpha value is -1.56. The summed E-state index contributed by atoms with van der Waals surface area (Å²) in [7, 11) is 1.65. The number of halogens is 3. The van der Waals surface area contributed by atoms with Crippen LogP contribution in [-0.4, -0.2) is 9.55 Å². The highest BCUT2D eigenvalue weighted by atomic mass is 19.4. The second-order valence-electron chi connectivity index (χ2n) is 3.49. The van der Waals surface area contributed by atoms with E-state index in [1.807, 2.05) is 0 Å². The number of aryl methyl sites for hydroxylation is 1. The molecule has 0 spiro atoms. The Bertz CT molecular complexity index is 528. The van der Waals surface area contributed by atoms with Crippen molar-refractivity contribution in [2.75, 3.05) is 0 Å². The van der Waals surface area contributed by atoms with Gasteiger partial charge < -0.3 is 10.3 Å². The first-order chi connectivity index (χ1) is 7.43. The van der Waals surface area contributed by atoms with Crippen molar-refractivity contribution < 1.29 is 13.2 Å². The maximum absolute atomic E-state index is 12.5. The van der Waals surface area contributed by atoms with E-state index in [0.29, 0.717) is 16.9 Å². The molecule has 3 nitrogen and oxygen atoms in total. The van der Waals surface area contributed by atoms with E-state index in [0.717, 1.165) is 12.1 Å². The molecule has 0 aliphatic rings. The molecule has 0 aliphatic heterocycles. The molecule has 6 heteroatoms. The van der Waals surface area contributed by atoms with E-state index < -0.39 is 11.7 Å². The van der Waals surface area contributed by atoms with E-state index >= 15 is 0 Å². The first kappa shape index (κ1) is 10.9. The minimum atomic E-state index is -4.33. The minimum absolute atomic E-state index is 0.201. The van der Waals surface area contributed by atoms with Gasteiger partial charge in [-0.25, -0.2) is 4.98 Å². The highest BCUT2D eigenvalue weighted by Crippen LogP contribution is 2.31. The van der Waals surface area contributed by atoms with Crippen molar-refractivity contribution in [2.45, 2.75) is 12.7 Å². The molecule has 0 aliphatic carbocycles. The molecule has 0 amide bonds. The molecule has 0 saturated carbocycles. The van der Waals surface area contributed by atoms with Gasteiger partial charge in [-0.2, -0.15) is 13.2 Å². The highest BCUT2D eigenvalue weighted by molar-refractivity contribution is 5.77. The summed E-state index contributed by atoms with van der Waals surface area (Å²) in [6.07, 6.45) is -4.33. The predicted octanol–water partition coefficient (Wildman–Crippen LogP) is 2.05. The summed E-state index contributed by atoms with van der Waals surface area (Å²) in [5, 5.41) is 0. The summed E-state index contributed by atoms with van der Waals surface area (Å²) in [6, 6.07) is 3.47. The van der Waals surface area contributed by atoms with Crippen molar-refractivity contribution in [3.63, 3.8) is 0 Å². The third kappa shape index (κ3) is 1.65. The Kier molecular flexibility index (Phi) is 2.38. The number of aromatic nitrogens is 2. The van der Waals surface area contributed by atoms with Gasteiger partial charge in [0.05, 0.1) is 23.1 Å². The van der Waals surface area contributed by atoms with Crippen LogP contribution < -0.4 is 5.73 Å². The number of hydrogen-bond donors (Lipinski definition) is 1. The fourth-order valence-electron chi connectivity index (χ4n) is 1.60. The maximum Gasteiger partial charge on any atom is 0.416 e. The van der Waals surface area contributed by atoms with E-state index in [2.05, 4.69) is 4.98 Å². The molecule has 0 atom stereocenters. The number of hydrogen-bond acceptors (Lipinski definition) is 2. The van der Waals surface area contributed by atoms with Gasteiger partial charge in [-0.05, 0) is 18.2 Å². The molecule has 1 aromatic carbocycles. The second-order valence-corrected chi connectivity index (χ2v) is 3.49. The predicted molar refractivity (Wildman–Crippen MR) is 53.6 cm³/mol. The topological polar surface area (TPSA) is 43.8 Å². The molecule has 2 rings (SSSR count). The van der Waals surface area contributed by atoms with Crippen LogP contribution in [0.3, 0.4) is 0 Å². The first-order valence-electron chi connectivity index (χ1n) is 4.66. The van der Waals surface area contributed by atoms with Crippen molar-refractivity contribution in [2.24, 2.45) is 12.8 Å². The van der Waals surface area contributed by atoms with E-state index in [1.165, 1.54) is 6.07 Å². The van der Waals surface area contributed by atoms with Gasteiger partial charge in [0, 0.05) is 7.05 Å². The van der Waals surface area contributed by atoms with E-state index in [1.54, 1.807) is 11.6 Å². The van der Waals surface area contributed by atoms with Gasteiger partial charge in [-0.3, -0.25) is 0 Å². The molecular formula is C10H10F3N3. The van der Waals surface area contributed by atoms with Crippen molar-refractivity contribution in [1.82, 2.24) is 9.55 Å². The molecule has 0 saturated heterocycles. The minimum Gasteiger partial charge on any atom is -0.330 e. The van der Waals surface area contributed by atoms with Crippen molar-refractivity contribution in [3.8, 4) is 0 Å². The Balaban J connectivity index is 2.66. The van der Waals surface area contributed by atoms with Gasteiger partial charge >= 0.3 is 6.18 Å². The smallest absolute Gasteiger partial charge is 0.330 e. The molecule has 86 valence electrons. The van der Waals surface area contributed by atoms with Crippen LogP contribution in [-0.2, 0) is 19.8 Å². The first-order valence-corrected chi connectivity index (χ1v) is 4.66. The molecule has 16 heavy (non-hydrogen) atoms. The molecular weight excluding hydrogens is 219 g/mol. The van der Waals surface area contributed by atoms with Gasteiger partial charge in [0.15, 0.2) is 0 Å². The van der Waals surface area contributed by atoms with E-state index in [4.69, 9.17) is 5.73 Å². The van der Waals surface area contributed by atoms with Crippen LogP contribution in [0.2, 0.25) is 0 Å². The van der Waals surface area contributed by atoms with Crippen LogP contribution in [0.15, 0.2) is 18.2 Å². The van der Waals surface area contributed by atoms with Crippen molar-refractivity contribution in [3.05, 3.63) is 29.6 Å². The van der Waals surface area contributed by atoms with Gasteiger partial charge in [-0.15, -0.1) is 0 Å². The average molecular weight is 229 g/mol. The maximum atomic E-state index is 12.5. The number of fused-ring (bicyclic) bond motifs is 1. The lowest BCUT2D eigenvalue weighted by Crippen LogP contribution is -2.06. The fourth-order valence-corrected chi connectivity index (χ4v) is 1.60. The molecule has 1 aromatic heterocycles. The standard InChI is InChI=1S/C10H10F3N3/c1-16-8-4-6(10(11,12)13)2-3-7(8)15-9(16)5-14/h2-4H,5,14H2,1H3. The number of imidazole rings is 1. The summed E-state index contributed by atoms with van der Waals surface area (Å²) in [5.74, 6) is 0.564. The Labute approximate surface area is 89.7 Å². The van der Waals surface area contributed by atoms with Crippen molar-refractivity contribution in [1.29, 1.82) is 0 Å². The normalized spacial score (nSPS) is 12.3. The molecule has 0 fully saturated rings. The van der Waals surface area contributed by atoms with Crippen LogP contribution in [0.25, 0.3) is 11.0 Å². The molecule has 0 bridgehead atoms. The summed E-state index contributed by atoms with van der Waals surface area (Å²) < 4.78 is 39.0. The van der Waals surface area contributed by atoms with E-state index in [-0.39, 0.29) is 6.54 Å². The number of benzene rings is 1. The highest BCUT2D eigenvalue weighted by Gasteiger charge is 2.30. The molecule has 2 N–H and O–H groups in total. The van der Waals surface area contributed by atoms with Crippen LogP contribution in [0.5, 0.6) is 0 Å². The van der Waals surface area contributed by atoms with Crippen LogP contribution in [0, 0.1) is 0 Å². The summed E-state index contributed by atoms with van der Waals surface area (Å²) >= 11 is 0. The number of nitrogens with zero attached hydrogens (tertiary/aromatic N) is 2. The Morgan fingerprint density at radius 2 is 2.06 bits per heavy atom. The largest absolute Gasteiger partial charge is 0.416 e. The van der Waals surface area contributed by atoms with Crippen LogP contribution in [0.4, 0.5) is 13.2 Å². The zero-order valence-electron chi connectivity index (χ0n) is 8.54. The number of alkyl halides is 3. The van der Waals surface area contributed by atoms with Gasteiger partial charge in [0.1, 0.15) is 5.82 Å². The zero-order valence-corrected chi connectivity index (χ0v) is 8.54. The summed E-state index contributed by atoms with van der Waals surface area (Å²) in [6.45, 7) is 0.201. The van der Waals surface area contributed by atoms with Gasteiger partial charge in [0.25, 0.3) is 0 Å². The number of rotatable bonds is 1. The van der Waals surface area contributed by atoms with Gasteiger partial charge in [0.2, 0.25) is 0 Å². The summed E-state index contributed by atoms with van der Waals surface area (Å²) in [4.78, 5) is 4.12. The average Bonchev–Trinajstić information content (AvgIpc) is 2.54. The van der Waals surface area contributed by atoms with Gasteiger partial charge in [-0.1, -0.05) is 0 Å². The van der Waals surface area contributed by atoms with Crippen LogP contribution >= 0.6 is 0 Å². The SMILES string of the molecule is Cn1c(CN)nc2ccc(C(F)(F)F)cc21. The van der Waals surface area contributed by atoms with Crippen LogP contribution in [0.1, 0.15) is 11.4 Å². The Morgan fingerprint density at radius 3 is 2.62 bits per heavy atom. The second kappa shape index (κ2) is 3.48. The molecule has 1 heterocycles. The fraction of sp³-hybridized carbons (Fsp3) is 0.300. The zero-order chi connectivity index (χ0) is 11.9. The molecule has 2 aromatic rings. The van der Waals surface area contributed by atoms with Crippen molar-refractivity contribution >= 4 is 11.0 Å². The molecule has 0 radical (unpaired) electrons. The lowest BCUT2D eigenvalue weighted by atomic mass is 10.2. The third-order valence-corrected chi connectivity index (χ3v) is 2.48. The third-order valence-electron chi connectivity index (χ3n) is 2.48. The summed E-state index contributed by atoms with van der Waals surface area (Å²) in [5.41, 5.74) is 5.72. The lowest BCUT2D eigenvalue weighted by Gasteiger charge is -2.06. The lowest BCUT2D eigenvalue weighted by molar-refractivity contribution is -0.137. The molecule has 0 unspecified atom stereocenters. The monoisotopic (exact) mass is 229 g/mol.